The topological polar surface area (TPSA) is 55.6 Å². The van der Waals surface area contributed by atoms with Crippen molar-refractivity contribution in [1.29, 1.82) is 0 Å². The standard InChI is InChI=1S/C18H15F3N4OS/c19-11-1-2-12(20)17(21)16(11)10-7-14-13(23-18(27)25(14)8-10)3-4-15(26)24-6-5-22-9-24/h1-2,5-6,9-10H,3-4,7-8H2,(H,23,27). The molecule has 0 saturated carbocycles. The number of carbonyl (C=O) groups is 1. The van der Waals surface area contributed by atoms with Gasteiger partial charge in [0.25, 0.3) is 0 Å². The molecule has 5 nitrogen and oxygen atoms in total. The summed E-state index contributed by atoms with van der Waals surface area (Å²) in [6.07, 6.45) is 5.48. The van der Waals surface area contributed by atoms with Gasteiger partial charge in [-0.2, -0.15) is 0 Å². The van der Waals surface area contributed by atoms with E-state index in [4.69, 9.17) is 12.2 Å². The molecule has 1 aliphatic rings. The van der Waals surface area contributed by atoms with Crippen LogP contribution < -0.4 is 0 Å². The number of nitrogens with one attached hydrogen (secondary N) is 1. The predicted octanol–water partition coefficient (Wildman–Crippen LogP) is 3.77. The van der Waals surface area contributed by atoms with Crippen molar-refractivity contribution in [1.82, 2.24) is 19.1 Å². The zero-order valence-corrected chi connectivity index (χ0v) is 14.9. The van der Waals surface area contributed by atoms with Crippen LogP contribution in [-0.4, -0.2) is 25.0 Å². The molecule has 9 heteroatoms. The Bertz CT molecular complexity index is 1070. The minimum Gasteiger partial charge on any atom is -0.334 e. The second-order valence-electron chi connectivity index (χ2n) is 6.49. The van der Waals surface area contributed by atoms with Crippen molar-refractivity contribution in [3.63, 3.8) is 0 Å². The van der Waals surface area contributed by atoms with Crippen LogP contribution in [0.2, 0.25) is 0 Å². The second-order valence-corrected chi connectivity index (χ2v) is 6.87. The lowest BCUT2D eigenvalue weighted by Crippen LogP contribution is -2.10. The molecule has 3 aromatic rings. The molecule has 1 aromatic carbocycles. The van der Waals surface area contributed by atoms with Crippen LogP contribution in [0.1, 0.15) is 34.1 Å². The molecule has 27 heavy (non-hydrogen) atoms. The molecule has 2 aromatic heterocycles. The van der Waals surface area contributed by atoms with Gasteiger partial charge in [0.2, 0.25) is 5.91 Å². The number of hydrogen-bond acceptors (Lipinski definition) is 3. The van der Waals surface area contributed by atoms with Crippen LogP contribution in [-0.2, 0) is 19.4 Å². The molecule has 140 valence electrons. The van der Waals surface area contributed by atoms with Crippen LogP contribution >= 0.6 is 12.2 Å². The Morgan fingerprint density at radius 3 is 2.81 bits per heavy atom. The number of halogens is 3. The van der Waals surface area contributed by atoms with E-state index in [2.05, 4.69) is 9.97 Å². The third-order valence-corrected chi connectivity index (χ3v) is 5.21. The highest BCUT2D eigenvalue weighted by molar-refractivity contribution is 7.71. The van der Waals surface area contributed by atoms with Crippen LogP contribution in [0.15, 0.2) is 30.9 Å². The number of nitrogens with zero attached hydrogens (tertiary/aromatic N) is 3. The summed E-state index contributed by atoms with van der Waals surface area (Å²) in [4.78, 5) is 19.0. The second kappa shape index (κ2) is 6.80. The molecule has 0 bridgehead atoms. The average molecular weight is 392 g/mol. The lowest BCUT2D eigenvalue weighted by molar-refractivity contribution is 0.0902. The Morgan fingerprint density at radius 1 is 1.30 bits per heavy atom. The van der Waals surface area contributed by atoms with Gasteiger partial charge in [0.05, 0.1) is 0 Å². The normalized spacial score (nSPS) is 15.9. The highest BCUT2D eigenvalue weighted by Crippen LogP contribution is 2.35. The summed E-state index contributed by atoms with van der Waals surface area (Å²) in [5, 5.41) is 0. The Hall–Kier alpha value is -2.68. The van der Waals surface area contributed by atoms with Crippen LogP contribution in [0.25, 0.3) is 0 Å². The number of aryl methyl sites for hydroxylation is 1. The van der Waals surface area contributed by atoms with E-state index in [1.54, 1.807) is 10.8 Å². The third-order valence-electron chi connectivity index (χ3n) is 4.89. The quantitative estimate of drug-likeness (QED) is 0.543. The molecule has 0 amide bonds. The van der Waals surface area contributed by atoms with Gasteiger partial charge in [-0.05, 0) is 37.2 Å². The number of imidazole rings is 2. The Morgan fingerprint density at radius 2 is 2.07 bits per heavy atom. The molecule has 1 atom stereocenters. The van der Waals surface area contributed by atoms with Crippen molar-refractivity contribution in [3.05, 3.63) is 70.0 Å². The minimum atomic E-state index is -1.16. The number of H-pyrrole nitrogens is 1. The summed E-state index contributed by atoms with van der Waals surface area (Å²) in [7, 11) is 0. The van der Waals surface area contributed by atoms with E-state index >= 15 is 0 Å². The van der Waals surface area contributed by atoms with E-state index in [0.717, 1.165) is 23.5 Å². The van der Waals surface area contributed by atoms with Crippen molar-refractivity contribution in [2.24, 2.45) is 0 Å². The largest absolute Gasteiger partial charge is 0.334 e. The summed E-state index contributed by atoms with van der Waals surface area (Å²) in [6, 6.07) is 1.72. The van der Waals surface area contributed by atoms with Crippen molar-refractivity contribution >= 4 is 18.1 Å². The molecule has 1 unspecified atom stereocenters. The number of aromatic amines is 1. The zero-order chi connectivity index (χ0) is 19.1. The number of hydrogen-bond donors (Lipinski definition) is 1. The van der Waals surface area contributed by atoms with E-state index in [1.165, 1.54) is 17.1 Å². The Kier molecular flexibility index (Phi) is 4.47. The molecule has 0 fully saturated rings. The van der Waals surface area contributed by atoms with Crippen LogP contribution in [0.5, 0.6) is 0 Å². The molecule has 1 N–H and O–H groups in total. The maximum Gasteiger partial charge on any atom is 0.232 e. The summed E-state index contributed by atoms with van der Waals surface area (Å²) in [5.74, 6) is -3.66. The van der Waals surface area contributed by atoms with Gasteiger partial charge in [0, 0.05) is 48.2 Å². The van der Waals surface area contributed by atoms with E-state index < -0.39 is 23.4 Å². The van der Waals surface area contributed by atoms with Gasteiger partial charge in [-0.1, -0.05) is 0 Å². The van der Waals surface area contributed by atoms with Crippen molar-refractivity contribution in [3.8, 4) is 0 Å². The SMILES string of the molecule is O=C(CCc1[nH]c(=S)n2c1CC(c1c(F)ccc(F)c1F)C2)n1ccnc1. The first-order chi connectivity index (χ1) is 13.0. The molecule has 0 radical (unpaired) electrons. The smallest absolute Gasteiger partial charge is 0.232 e. The Balaban J connectivity index is 1.57. The first kappa shape index (κ1) is 17.7. The molecular weight excluding hydrogens is 377 g/mol. The van der Waals surface area contributed by atoms with Gasteiger partial charge in [-0.25, -0.2) is 18.2 Å². The molecule has 3 heterocycles. The number of benzene rings is 1. The van der Waals surface area contributed by atoms with E-state index in [-0.39, 0.29) is 24.4 Å². The summed E-state index contributed by atoms with van der Waals surface area (Å²) in [6.45, 7) is 0.261. The zero-order valence-electron chi connectivity index (χ0n) is 14.1. The minimum absolute atomic E-state index is 0.122. The van der Waals surface area contributed by atoms with E-state index in [9.17, 15) is 18.0 Å². The van der Waals surface area contributed by atoms with Crippen LogP contribution in [0, 0.1) is 22.2 Å². The summed E-state index contributed by atoms with van der Waals surface area (Å²) in [5.41, 5.74) is 1.30. The fourth-order valence-corrected chi connectivity index (χ4v) is 3.89. The predicted molar refractivity (Wildman–Crippen MR) is 93.6 cm³/mol. The maximum atomic E-state index is 14.1. The van der Waals surface area contributed by atoms with Crippen molar-refractivity contribution < 1.29 is 18.0 Å². The molecule has 0 saturated heterocycles. The fourth-order valence-electron chi connectivity index (χ4n) is 3.58. The summed E-state index contributed by atoms with van der Waals surface area (Å²) < 4.78 is 45.4. The molecular formula is C18H15F3N4OS. The van der Waals surface area contributed by atoms with Crippen molar-refractivity contribution in [2.45, 2.75) is 31.7 Å². The molecule has 0 aliphatic carbocycles. The van der Waals surface area contributed by atoms with Crippen molar-refractivity contribution in [2.75, 3.05) is 0 Å². The fraction of sp³-hybridized carbons (Fsp3) is 0.278. The molecule has 4 rings (SSSR count). The van der Waals surface area contributed by atoms with Gasteiger partial charge in [-0.3, -0.25) is 9.36 Å². The first-order valence-electron chi connectivity index (χ1n) is 8.40. The summed E-state index contributed by atoms with van der Waals surface area (Å²) >= 11 is 5.30. The van der Waals surface area contributed by atoms with Gasteiger partial charge >= 0.3 is 0 Å². The number of aromatic nitrogens is 4. The number of fused-ring (bicyclic) bond motifs is 1. The van der Waals surface area contributed by atoms with Gasteiger partial charge in [-0.15, -0.1) is 0 Å². The van der Waals surface area contributed by atoms with Crippen LogP contribution in [0.3, 0.4) is 0 Å². The first-order valence-corrected chi connectivity index (χ1v) is 8.81. The van der Waals surface area contributed by atoms with E-state index in [1.807, 2.05) is 0 Å². The van der Waals surface area contributed by atoms with Gasteiger partial charge in [0.15, 0.2) is 16.4 Å². The lowest BCUT2D eigenvalue weighted by atomic mass is 9.95. The molecule has 0 spiro atoms. The number of carbonyl (C=O) groups excluding carboxylic acids is 1. The van der Waals surface area contributed by atoms with Gasteiger partial charge in [0.1, 0.15) is 12.1 Å². The molecule has 1 aliphatic heterocycles. The highest BCUT2D eigenvalue weighted by atomic mass is 32.1. The van der Waals surface area contributed by atoms with E-state index in [0.29, 0.717) is 17.6 Å². The highest BCUT2D eigenvalue weighted by Gasteiger charge is 2.31. The Labute approximate surface area is 157 Å². The third kappa shape index (κ3) is 3.12. The average Bonchev–Trinajstić information content (AvgIpc) is 3.36. The van der Waals surface area contributed by atoms with Crippen LogP contribution in [0.4, 0.5) is 13.2 Å². The maximum absolute atomic E-state index is 14.1. The monoisotopic (exact) mass is 392 g/mol. The van der Waals surface area contributed by atoms with Gasteiger partial charge < -0.3 is 9.55 Å². The number of rotatable bonds is 4. The lowest BCUT2D eigenvalue weighted by Gasteiger charge is -2.12.